The monoisotopic (exact) mass is 371 g/mol. The molecule has 0 radical (unpaired) electrons. The summed E-state index contributed by atoms with van der Waals surface area (Å²) in [6.45, 7) is 3.44. The number of alkyl halides is 3. The zero-order valence-electron chi connectivity index (χ0n) is 14.3. The summed E-state index contributed by atoms with van der Waals surface area (Å²) >= 11 is 0. The van der Waals surface area contributed by atoms with Crippen molar-refractivity contribution < 1.29 is 27.4 Å². The number of rotatable bonds is 9. The van der Waals surface area contributed by atoms with Gasteiger partial charge in [-0.2, -0.15) is 18.3 Å². The van der Waals surface area contributed by atoms with E-state index in [9.17, 15) is 18.0 Å². The van der Waals surface area contributed by atoms with Crippen molar-refractivity contribution in [1.29, 1.82) is 0 Å². The van der Waals surface area contributed by atoms with E-state index in [4.69, 9.17) is 9.47 Å². The molecule has 0 saturated heterocycles. The maximum absolute atomic E-state index is 12.7. The van der Waals surface area contributed by atoms with E-state index in [1.807, 2.05) is 6.92 Å². The number of aromatic nitrogens is 2. The molecule has 0 atom stereocenters. The van der Waals surface area contributed by atoms with E-state index >= 15 is 0 Å². The zero-order valence-corrected chi connectivity index (χ0v) is 14.3. The van der Waals surface area contributed by atoms with Gasteiger partial charge in [0.05, 0.1) is 5.56 Å². The highest BCUT2D eigenvalue weighted by atomic mass is 19.4. The number of halogens is 3. The number of hydrogen-bond acceptors (Lipinski definition) is 4. The summed E-state index contributed by atoms with van der Waals surface area (Å²) in [6.07, 6.45) is -2.22. The lowest BCUT2D eigenvalue weighted by Gasteiger charge is -2.10. The number of hydrogen-bond donors (Lipinski definition) is 1. The van der Waals surface area contributed by atoms with Crippen molar-refractivity contribution in [2.75, 3.05) is 19.8 Å². The van der Waals surface area contributed by atoms with Crippen LogP contribution in [0.5, 0.6) is 5.75 Å². The largest absolute Gasteiger partial charge is 0.471 e. The van der Waals surface area contributed by atoms with Crippen LogP contribution in [0.1, 0.15) is 29.4 Å². The van der Waals surface area contributed by atoms with Crippen molar-refractivity contribution in [3.05, 3.63) is 47.8 Å². The smallest absolute Gasteiger partial charge is 0.416 e. The molecule has 142 valence electrons. The van der Waals surface area contributed by atoms with Crippen LogP contribution < -0.4 is 10.1 Å². The lowest BCUT2D eigenvalue weighted by atomic mass is 10.2. The van der Waals surface area contributed by atoms with E-state index in [1.54, 1.807) is 0 Å². The number of ether oxygens (including phenoxy) is 2. The van der Waals surface area contributed by atoms with Crippen molar-refractivity contribution in [2.45, 2.75) is 26.3 Å². The molecule has 0 aliphatic heterocycles. The van der Waals surface area contributed by atoms with E-state index in [1.165, 1.54) is 29.1 Å². The molecule has 0 aliphatic rings. The molecule has 6 nitrogen and oxygen atoms in total. The standard InChI is InChI=1S/C17H20F3N3O3/c1-2-25-10-4-8-21-16(24)15-7-9-23(22-15)12-26-14-6-3-5-13(11-14)17(18,19)20/h3,5-7,9,11H,2,4,8,10,12H2,1H3,(H,21,24). The van der Waals surface area contributed by atoms with Crippen LogP contribution in [0.2, 0.25) is 0 Å². The summed E-state index contributed by atoms with van der Waals surface area (Å²) in [5, 5.41) is 6.75. The van der Waals surface area contributed by atoms with Crippen LogP contribution in [0.4, 0.5) is 13.2 Å². The van der Waals surface area contributed by atoms with Crippen LogP contribution in [-0.2, 0) is 17.6 Å². The van der Waals surface area contributed by atoms with E-state index in [2.05, 4.69) is 10.4 Å². The Balaban J connectivity index is 1.84. The molecule has 1 aromatic heterocycles. The Kier molecular flexibility index (Phi) is 7.02. The molecule has 2 aromatic rings. The summed E-state index contributed by atoms with van der Waals surface area (Å²) in [7, 11) is 0. The number of nitrogens with one attached hydrogen (secondary N) is 1. The molecule has 1 aromatic carbocycles. The molecule has 0 spiro atoms. The van der Waals surface area contributed by atoms with Crippen molar-refractivity contribution in [2.24, 2.45) is 0 Å². The summed E-state index contributed by atoms with van der Waals surface area (Å²) < 4.78 is 49.8. The van der Waals surface area contributed by atoms with Gasteiger partial charge in [-0.15, -0.1) is 0 Å². The van der Waals surface area contributed by atoms with Crippen LogP contribution in [0.25, 0.3) is 0 Å². The average Bonchev–Trinajstić information content (AvgIpc) is 3.08. The maximum atomic E-state index is 12.7. The first-order chi connectivity index (χ1) is 12.4. The number of nitrogens with zero attached hydrogens (tertiary/aromatic N) is 2. The third-order valence-corrected chi connectivity index (χ3v) is 3.35. The Morgan fingerprint density at radius 2 is 2.12 bits per heavy atom. The highest BCUT2D eigenvalue weighted by Crippen LogP contribution is 2.31. The van der Waals surface area contributed by atoms with E-state index in [-0.39, 0.29) is 24.1 Å². The summed E-state index contributed by atoms with van der Waals surface area (Å²) in [4.78, 5) is 11.9. The van der Waals surface area contributed by atoms with E-state index in [0.717, 1.165) is 12.1 Å². The first-order valence-corrected chi connectivity index (χ1v) is 8.09. The minimum Gasteiger partial charge on any atom is -0.471 e. The third kappa shape index (κ3) is 6.07. The van der Waals surface area contributed by atoms with Gasteiger partial charge in [-0.05, 0) is 37.6 Å². The van der Waals surface area contributed by atoms with Gasteiger partial charge in [-0.1, -0.05) is 6.07 Å². The summed E-state index contributed by atoms with van der Waals surface area (Å²) in [5.74, 6) is -0.267. The second-order valence-corrected chi connectivity index (χ2v) is 5.35. The van der Waals surface area contributed by atoms with Gasteiger partial charge >= 0.3 is 6.18 Å². The highest BCUT2D eigenvalue weighted by molar-refractivity contribution is 5.92. The molecule has 1 N–H and O–H groups in total. The normalized spacial score (nSPS) is 11.4. The molecule has 0 bridgehead atoms. The Bertz CT molecular complexity index is 717. The quantitative estimate of drug-likeness (QED) is 0.688. The molecule has 1 heterocycles. The van der Waals surface area contributed by atoms with Crippen LogP contribution >= 0.6 is 0 Å². The van der Waals surface area contributed by atoms with Gasteiger partial charge in [0.2, 0.25) is 0 Å². The molecule has 2 rings (SSSR count). The molecular weight excluding hydrogens is 351 g/mol. The molecule has 1 amide bonds. The molecule has 0 fully saturated rings. The van der Waals surface area contributed by atoms with Gasteiger partial charge in [-0.25, -0.2) is 4.68 Å². The predicted molar refractivity (Wildman–Crippen MR) is 87.7 cm³/mol. The molecule has 0 saturated carbocycles. The van der Waals surface area contributed by atoms with Crippen LogP contribution in [0.3, 0.4) is 0 Å². The second kappa shape index (κ2) is 9.23. The Hall–Kier alpha value is -2.55. The summed E-state index contributed by atoms with van der Waals surface area (Å²) in [5.41, 5.74) is -0.586. The van der Waals surface area contributed by atoms with Crippen molar-refractivity contribution in [3.63, 3.8) is 0 Å². The second-order valence-electron chi connectivity index (χ2n) is 5.35. The van der Waals surface area contributed by atoms with Crippen LogP contribution in [-0.4, -0.2) is 35.4 Å². The first kappa shape index (κ1) is 19.8. The van der Waals surface area contributed by atoms with Gasteiger partial charge in [0, 0.05) is 26.0 Å². The fourth-order valence-electron chi connectivity index (χ4n) is 2.07. The Morgan fingerprint density at radius 3 is 2.85 bits per heavy atom. The van der Waals surface area contributed by atoms with Crippen molar-refractivity contribution >= 4 is 5.91 Å². The number of amides is 1. The minimum atomic E-state index is -4.43. The van der Waals surface area contributed by atoms with Gasteiger partial charge < -0.3 is 14.8 Å². The molecule has 0 aliphatic carbocycles. The number of carbonyl (C=O) groups is 1. The Morgan fingerprint density at radius 1 is 1.31 bits per heavy atom. The minimum absolute atomic E-state index is 0.0669. The highest BCUT2D eigenvalue weighted by Gasteiger charge is 2.30. The third-order valence-electron chi connectivity index (χ3n) is 3.35. The van der Waals surface area contributed by atoms with Crippen molar-refractivity contribution in [1.82, 2.24) is 15.1 Å². The molecule has 0 unspecified atom stereocenters. The van der Waals surface area contributed by atoms with Gasteiger partial charge in [-0.3, -0.25) is 4.79 Å². The zero-order chi connectivity index (χ0) is 19.0. The molecule has 26 heavy (non-hydrogen) atoms. The fourth-order valence-corrected chi connectivity index (χ4v) is 2.07. The lowest BCUT2D eigenvalue weighted by molar-refractivity contribution is -0.137. The van der Waals surface area contributed by atoms with Gasteiger partial charge in [0.1, 0.15) is 11.4 Å². The van der Waals surface area contributed by atoms with E-state index < -0.39 is 11.7 Å². The topological polar surface area (TPSA) is 65.4 Å². The SMILES string of the molecule is CCOCCCNC(=O)c1ccn(COc2cccc(C(F)(F)F)c2)n1. The number of carbonyl (C=O) groups excluding carboxylic acids is 1. The van der Waals surface area contributed by atoms with Gasteiger partial charge in [0.15, 0.2) is 6.73 Å². The van der Waals surface area contributed by atoms with Gasteiger partial charge in [0.25, 0.3) is 5.91 Å². The first-order valence-electron chi connectivity index (χ1n) is 8.09. The van der Waals surface area contributed by atoms with Crippen LogP contribution in [0, 0.1) is 0 Å². The summed E-state index contributed by atoms with van der Waals surface area (Å²) in [6, 6.07) is 6.07. The fraction of sp³-hybridized carbons (Fsp3) is 0.412. The number of benzene rings is 1. The maximum Gasteiger partial charge on any atom is 0.416 e. The lowest BCUT2D eigenvalue weighted by Crippen LogP contribution is -2.26. The average molecular weight is 371 g/mol. The molecule has 9 heteroatoms. The van der Waals surface area contributed by atoms with Crippen LogP contribution in [0.15, 0.2) is 36.5 Å². The van der Waals surface area contributed by atoms with Crippen molar-refractivity contribution in [3.8, 4) is 5.75 Å². The Labute approximate surface area is 148 Å². The predicted octanol–water partition coefficient (Wildman–Crippen LogP) is 3.09. The molecular formula is C17H20F3N3O3. The van der Waals surface area contributed by atoms with E-state index in [0.29, 0.717) is 26.2 Å².